The van der Waals surface area contributed by atoms with Gasteiger partial charge in [-0.15, -0.1) is 0 Å². The number of aliphatic hydroxyl groups is 1. The van der Waals surface area contributed by atoms with E-state index in [0.29, 0.717) is 17.3 Å². The first-order valence-corrected chi connectivity index (χ1v) is 8.27. The van der Waals surface area contributed by atoms with Gasteiger partial charge in [0.2, 0.25) is 0 Å². The van der Waals surface area contributed by atoms with E-state index in [1.807, 2.05) is 6.92 Å². The van der Waals surface area contributed by atoms with Crippen LogP contribution in [0.5, 0.6) is 0 Å². The molecule has 0 spiro atoms. The topological polar surface area (TPSA) is 69.6 Å². The van der Waals surface area contributed by atoms with Gasteiger partial charge in [-0.1, -0.05) is 24.4 Å². The molecule has 5 nitrogen and oxygen atoms in total. The third-order valence-corrected chi connectivity index (χ3v) is 4.59. The number of hydrogen-bond acceptors (Lipinski definition) is 3. The Balaban J connectivity index is 1.94. The lowest BCUT2D eigenvalue weighted by Gasteiger charge is -2.30. The Bertz CT molecular complexity index is 591. The van der Waals surface area contributed by atoms with Gasteiger partial charge in [0.05, 0.1) is 6.10 Å². The first kappa shape index (κ1) is 17.8. The zero-order valence-electron chi connectivity index (χ0n) is 13.5. The summed E-state index contributed by atoms with van der Waals surface area (Å²) < 4.78 is 0. The molecule has 0 saturated heterocycles. The molecule has 126 valence electrons. The van der Waals surface area contributed by atoms with Crippen molar-refractivity contribution in [2.75, 3.05) is 18.9 Å². The van der Waals surface area contributed by atoms with Crippen molar-refractivity contribution in [2.24, 2.45) is 5.92 Å². The summed E-state index contributed by atoms with van der Waals surface area (Å²) in [5.74, 6) is -1.23. The number of rotatable bonds is 3. The molecule has 1 saturated carbocycles. The van der Waals surface area contributed by atoms with Crippen molar-refractivity contribution in [3.63, 3.8) is 0 Å². The highest BCUT2D eigenvalue weighted by Gasteiger charge is 2.27. The predicted molar refractivity (Wildman–Crippen MR) is 90.4 cm³/mol. The normalized spacial score (nSPS) is 20.9. The molecule has 1 aliphatic carbocycles. The smallest absolute Gasteiger partial charge is 0.313 e. The third-order valence-electron chi connectivity index (χ3n) is 4.35. The Morgan fingerprint density at radius 1 is 1.35 bits per heavy atom. The van der Waals surface area contributed by atoms with Crippen molar-refractivity contribution in [3.05, 3.63) is 28.8 Å². The number of likely N-dealkylation sites (N-methyl/N-ethyl adjacent to an activating group) is 1. The van der Waals surface area contributed by atoms with Crippen LogP contribution in [0.25, 0.3) is 0 Å². The van der Waals surface area contributed by atoms with Crippen molar-refractivity contribution < 1.29 is 14.7 Å². The number of nitrogens with zero attached hydrogens (tertiary/aromatic N) is 1. The molecule has 0 aromatic heterocycles. The summed E-state index contributed by atoms with van der Waals surface area (Å²) in [6.45, 7) is 2.21. The molecule has 1 aromatic rings. The lowest BCUT2D eigenvalue weighted by molar-refractivity contribution is -0.143. The fourth-order valence-corrected chi connectivity index (χ4v) is 3.18. The summed E-state index contributed by atoms with van der Waals surface area (Å²) in [6, 6.07) is 5.06. The highest BCUT2D eigenvalue weighted by Crippen LogP contribution is 2.25. The molecule has 2 unspecified atom stereocenters. The molecular weight excluding hydrogens is 316 g/mol. The largest absolute Gasteiger partial charge is 0.393 e. The minimum absolute atomic E-state index is 0.0442. The van der Waals surface area contributed by atoms with Crippen molar-refractivity contribution in [2.45, 2.75) is 38.7 Å². The number of hydrogen-bond donors (Lipinski definition) is 2. The second kappa shape index (κ2) is 7.79. The van der Waals surface area contributed by atoms with E-state index in [2.05, 4.69) is 5.32 Å². The number of halogens is 1. The summed E-state index contributed by atoms with van der Waals surface area (Å²) in [5.41, 5.74) is 1.36. The molecule has 0 heterocycles. The van der Waals surface area contributed by atoms with E-state index in [-0.39, 0.29) is 12.0 Å². The van der Waals surface area contributed by atoms with E-state index >= 15 is 0 Å². The van der Waals surface area contributed by atoms with Gasteiger partial charge in [-0.05, 0) is 43.5 Å². The van der Waals surface area contributed by atoms with E-state index < -0.39 is 11.8 Å². The van der Waals surface area contributed by atoms with E-state index in [9.17, 15) is 14.7 Å². The SMILES string of the molecule is Cc1cc(Cl)ccc1NC(=O)C(=O)N(C)CC1CCCCC1O. The molecule has 1 fully saturated rings. The van der Waals surface area contributed by atoms with Crippen LogP contribution in [0.4, 0.5) is 5.69 Å². The minimum atomic E-state index is -0.678. The number of aliphatic hydroxyl groups excluding tert-OH is 1. The molecule has 1 aromatic carbocycles. The van der Waals surface area contributed by atoms with Gasteiger partial charge in [-0.2, -0.15) is 0 Å². The fourth-order valence-electron chi connectivity index (χ4n) is 2.95. The molecule has 0 aliphatic heterocycles. The summed E-state index contributed by atoms with van der Waals surface area (Å²) in [5, 5.41) is 13.2. The molecule has 2 N–H and O–H groups in total. The van der Waals surface area contributed by atoms with Crippen molar-refractivity contribution in [1.82, 2.24) is 4.90 Å². The van der Waals surface area contributed by atoms with Crippen LogP contribution in [-0.2, 0) is 9.59 Å². The average Bonchev–Trinajstić information content (AvgIpc) is 2.51. The first-order valence-electron chi connectivity index (χ1n) is 7.89. The van der Waals surface area contributed by atoms with Gasteiger partial charge in [0.25, 0.3) is 0 Å². The maximum Gasteiger partial charge on any atom is 0.313 e. The number of amides is 2. The Hall–Kier alpha value is -1.59. The van der Waals surface area contributed by atoms with Gasteiger partial charge in [-0.25, -0.2) is 0 Å². The van der Waals surface area contributed by atoms with Crippen LogP contribution in [-0.4, -0.2) is 41.5 Å². The van der Waals surface area contributed by atoms with E-state index in [4.69, 9.17) is 11.6 Å². The number of benzene rings is 1. The highest BCUT2D eigenvalue weighted by molar-refractivity contribution is 6.39. The monoisotopic (exact) mass is 338 g/mol. The second-order valence-corrected chi connectivity index (χ2v) is 6.65. The molecule has 2 rings (SSSR count). The van der Waals surface area contributed by atoms with Crippen molar-refractivity contribution >= 4 is 29.1 Å². The molecule has 1 aliphatic rings. The van der Waals surface area contributed by atoms with Crippen LogP contribution in [0.3, 0.4) is 0 Å². The van der Waals surface area contributed by atoms with Crippen molar-refractivity contribution in [3.8, 4) is 0 Å². The third kappa shape index (κ3) is 4.69. The minimum Gasteiger partial charge on any atom is -0.393 e. The maximum atomic E-state index is 12.2. The summed E-state index contributed by atoms with van der Waals surface area (Å²) in [7, 11) is 1.60. The Morgan fingerprint density at radius 3 is 2.70 bits per heavy atom. The van der Waals surface area contributed by atoms with Crippen LogP contribution < -0.4 is 5.32 Å². The summed E-state index contributed by atoms with van der Waals surface area (Å²) in [6.07, 6.45) is 3.34. The molecule has 6 heteroatoms. The zero-order chi connectivity index (χ0) is 17.0. The molecular formula is C17H23ClN2O3. The number of carbonyl (C=O) groups is 2. The van der Waals surface area contributed by atoms with Crippen LogP contribution in [0.2, 0.25) is 5.02 Å². The van der Waals surface area contributed by atoms with Gasteiger partial charge in [-0.3, -0.25) is 9.59 Å². The molecule has 23 heavy (non-hydrogen) atoms. The van der Waals surface area contributed by atoms with Gasteiger partial charge in [0.1, 0.15) is 0 Å². The predicted octanol–water partition coefficient (Wildman–Crippen LogP) is 2.60. The number of carbonyl (C=O) groups excluding carboxylic acids is 2. The first-order chi connectivity index (χ1) is 10.9. The quantitative estimate of drug-likeness (QED) is 0.832. The van der Waals surface area contributed by atoms with Gasteiger partial charge < -0.3 is 15.3 Å². The van der Waals surface area contributed by atoms with Crippen LogP contribution in [0.1, 0.15) is 31.2 Å². The summed E-state index contributed by atoms with van der Waals surface area (Å²) >= 11 is 5.88. The Kier molecular flexibility index (Phi) is 6.02. The van der Waals surface area contributed by atoms with Crippen LogP contribution in [0, 0.1) is 12.8 Å². The number of nitrogens with one attached hydrogen (secondary N) is 1. The zero-order valence-corrected chi connectivity index (χ0v) is 14.3. The van der Waals surface area contributed by atoms with Crippen LogP contribution >= 0.6 is 11.6 Å². The maximum absolute atomic E-state index is 12.2. The Morgan fingerprint density at radius 2 is 2.04 bits per heavy atom. The Labute approximate surface area is 141 Å². The van der Waals surface area contributed by atoms with E-state index in [1.54, 1.807) is 25.2 Å². The van der Waals surface area contributed by atoms with E-state index in [1.165, 1.54) is 4.90 Å². The van der Waals surface area contributed by atoms with Gasteiger partial charge in [0, 0.05) is 30.2 Å². The lowest BCUT2D eigenvalue weighted by atomic mass is 9.86. The van der Waals surface area contributed by atoms with Crippen LogP contribution in [0.15, 0.2) is 18.2 Å². The van der Waals surface area contributed by atoms with E-state index in [0.717, 1.165) is 31.2 Å². The second-order valence-electron chi connectivity index (χ2n) is 6.21. The van der Waals surface area contributed by atoms with Gasteiger partial charge >= 0.3 is 11.8 Å². The summed E-state index contributed by atoms with van der Waals surface area (Å²) in [4.78, 5) is 25.7. The molecule has 0 bridgehead atoms. The number of anilines is 1. The average molecular weight is 339 g/mol. The fraction of sp³-hybridized carbons (Fsp3) is 0.529. The lowest BCUT2D eigenvalue weighted by Crippen LogP contribution is -2.42. The molecule has 2 amide bonds. The molecule has 0 radical (unpaired) electrons. The standard InChI is InChI=1S/C17H23ClN2O3/c1-11-9-13(18)7-8-14(11)19-16(22)17(23)20(2)10-12-5-3-4-6-15(12)21/h7-9,12,15,21H,3-6,10H2,1-2H3,(H,19,22). The molecule has 2 atom stereocenters. The van der Waals surface area contributed by atoms with Gasteiger partial charge in [0.15, 0.2) is 0 Å². The number of aryl methyl sites for hydroxylation is 1. The highest BCUT2D eigenvalue weighted by atomic mass is 35.5. The van der Waals surface area contributed by atoms with Crippen molar-refractivity contribution in [1.29, 1.82) is 0 Å².